The van der Waals surface area contributed by atoms with Crippen LogP contribution in [0.2, 0.25) is 0 Å². The molecule has 0 unspecified atom stereocenters. The normalized spacial score (nSPS) is 18.7. The van der Waals surface area contributed by atoms with Gasteiger partial charge in [-0.1, -0.05) is 19.1 Å². The van der Waals surface area contributed by atoms with Crippen molar-refractivity contribution in [3.8, 4) is 0 Å². The quantitative estimate of drug-likeness (QED) is 0.737. The molecule has 6 nitrogen and oxygen atoms in total. The van der Waals surface area contributed by atoms with Gasteiger partial charge in [0, 0.05) is 30.6 Å². The molecular formula is C24H27N3O3S. The van der Waals surface area contributed by atoms with Gasteiger partial charge in [-0.2, -0.15) is 0 Å². The molecule has 1 aliphatic carbocycles. The molecule has 1 fully saturated rings. The van der Waals surface area contributed by atoms with Crippen LogP contribution in [0.15, 0.2) is 24.3 Å². The summed E-state index contributed by atoms with van der Waals surface area (Å²) >= 11 is 1.52. The van der Waals surface area contributed by atoms with Crippen molar-refractivity contribution >= 4 is 34.1 Å². The third kappa shape index (κ3) is 3.65. The van der Waals surface area contributed by atoms with Gasteiger partial charge in [0.1, 0.15) is 11.5 Å². The first-order valence-electron chi connectivity index (χ1n) is 11.0. The molecule has 0 atom stereocenters. The van der Waals surface area contributed by atoms with Crippen LogP contribution in [0.1, 0.15) is 56.5 Å². The van der Waals surface area contributed by atoms with Gasteiger partial charge < -0.3 is 14.7 Å². The number of rotatable bonds is 4. The molecule has 0 bridgehead atoms. The highest BCUT2D eigenvalue weighted by atomic mass is 32.1. The minimum Gasteiger partial charge on any atom is -0.333 e. The molecule has 0 spiro atoms. The molecule has 2 aliphatic heterocycles. The number of hydrogen-bond acceptors (Lipinski definition) is 4. The SMILES string of the molecule is CCc1ccc(C(=O)N2CCc3c(sc4c3C(=O)N(C)CC(=O)N4CC3CC3)C2)cc1. The Kier molecular flexibility index (Phi) is 5.08. The van der Waals surface area contributed by atoms with E-state index in [-0.39, 0.29) is 24.3 Å². The molecule has 1 saturated carbocycles. The molecule has 3 aliphatic rings. The zero-order valence-electron chi connectivity index (χ0n) is 18.0. The largest absolute Gasteiger partial charge is 0.333 e. The smallest absolute Gasteiger partial charge is 0.257 e. The van der Waals surface area contributed by atoms with Crippen LogP contribution in [0.3, 0.4) is 0 Å². The summed E-state index contributed by atoms with van der Waals surface area (Å²) < 4.78 is 0. The van der Waals surface area contributed by atoms with Crippen LogP contribution < -0.4 is 4.90 Å². The molecule has 162 valence electrons. The number of aryl methyl sites for hydroxylation is 1. The van der Waals surface area contributed by atoms with Gasteiger partial charge in [-0.15, -0.1) is 11.3 Å². The van der Waals surface area contributed by atoms with E-state index in [4.69, 9.17) is 0 Å². The zero-order chi connectivity index (χ0) is 21.7. The van der Waals surface area contributed by atoms with E-state index in [1.807, 2.05) is 34.1 Å². The highest BCUT2D eigenvalue weighted by Gasteiger charge is 2.39. The van der Waals surface area contributed by atoms with Crippen molar-refractivity contribution in [2.24, 2.45) is 5.92 Å². The van der Waals surface area contributed by atoms with E-state index in [0.29, 0.717) is 43.1 Å². The maximum absolute atomic E-state index is 13.1. The van der Waals surface area contributed by atoms with Crippen molar-refractivity contribution in [1.29, 1.82) is 0 Å². The van der Waals surface area contributed by atoms with Gasteiger partial charge >= 0.3 is 0 Å². The second-order valence-electron chi connectivity index (χ2n) is 8.82. The number of benzene rings is 1. The van der Waals surface area contributed by atoms with Crippen molar-refractivity contribution in [3.63, 3.8) is 0 Å². The lowest BCUT2D eigenvalue weighted by Gasteiger charge is -2.27. The average molecular weight is 438 g/mol. The highest BCUT2D eigenvalue weighted by Crippen LogP contribution is 2.43. The Morgan fingerprint density at radius 3 is 2.55 bits per heavy atom. The summed E-state index contributed by atoms with van der Waals surface area (Å²) in [5, 5.41) is 0.790. The third-order valence-corrected chi connectivity index (χ3v) is 7.79. The fourth-order valence-corrected chi connectivity index (χ4v) is 5.83. The minimum absolute atomic E-state index is 0.0101. The van der Waals surface area contributed by atoms with Crippen LogP contribution in [0.25, 0.3) is 0 Å². The second kappa shape index (κ2) is 7.79. The Morgan fingerprint density at radius 1 is 1.13 bits per heavy atom. The van der Waals surface area contributed by atoms with Gasteiger partial charge in [0.25, 0.3) is 11.8 Å². The number of anilines is 1. The lowest BCUT2D eigenvalue weighted by atomic mass is 10.0. The van der Waals surface area contributed by atoms with Crippen molar-refractivity contribution in [2.45, 2.75) is 39.2 Å². The minimum atomic E-state index is -0.0749. The van der Waals surface area contributed by atoms with E-state index in [9.17, 15) is 14.4 Å². The first-order chi connectivity index (χ1) is 15.0. The van der Waals surface area contributed by atoms with Crippen LogP contribution in [-0.2, 0) is 24.2 Å². The lowest BCUT2D eigenvalue weighted by molar-refractivity contribution is -0.119. The number of nitrogens with zero attached hydrogens (tertiary/aromatic N) is 3. The molecule has 5 rings (SSSR count). The zero-order valence-corrected chi connectivity index (χ0v) is 18.8. The van der Waals surface area contributed by atoms with Crippen LogP contribution in [0.5, 0.6) is 0 Å². The summed E-state index contributed by atoms with van der Waals surface area (Å²) in [6, 6.07) is 7.81. The molecule has 31 heavy (non-hydrogen) atoms. The molecule has 0 radical (unpaired) electrons. The van der Waals surface area contributed by atoms with Gasteiger partial charge in [0.15, 0.2) is 0 Å². The van der Waals surface area contributed by atoms with Crippen molar-refractivity contribution < 1.29 is 14.4 Å². The van der Waals surface area contributed by atoms with Crippen molar-refractivity contribution in [1.82, 2.24) is 9.80 Å². The van der Waals surface area contributed by atoms with Gasteiger partial charge in [-0.05, 0) is 54.9 Å². The standard InChI is InChI=1S/C24H27N3O3S/c1-3-15-6-8-17(9-7-15)22(29)26-11-10-18-19(13-26)31-24-21(18)23(30)25(2)14-20(28)27(24)12-16-4-5-16/h6-9,16H,3-5,10-14H2,1-2H3. The van der Waals surface area contributed by atoms with Gasteiger partial charge in [0.05, 0.1) is 12.1 Å². The Labute approximate surface area is 186 Å². The molecule has 0 N–H and O–H groups in total. The Balaban J connectivity index is 1.46. The van der Waals surface area contributed by atoms with E-state index in [1.54, 1.807) is 7.05 Å². The summed E-state index contributed by atoms with van der Waals surface area (Å²) in [4.78, 5) is 45.4. The monoisotopic (exact) mass is 437 g/mol. The Bertz CT molecular complexity index is 1050. The molecular weight excluding hydrogens is 410 g/mol. The van der Waals surface area contributed by atoms with E-state index in [1.165, 1.54) is 21.8 Å². The summed E-state index contributed by atoms with van der Waals surface area (Å²) in [6.07, 6.45) is 3.88. The van der Waals surface area contributed by atoms with E-state index < -0.39 is 0 Å². The topological polar surface area (TPSA) is 60.9 Å². The summed E-state index contributed by atoms with van der Waals surface area (Å²) in [7, 11) is 1.70. The number of hydrogen-bond donors (Lipinski definition) is 0. The molecule has 1 aromatic carbocycles. The fourth-order valence-electron chi connectivity index (χ4n) is 4.45. The molecule has 1 aromatic heterocycles. The number of carbonyl (C=O) groups is 3. The number of carbonyl (C=O) groups excluding carboxylic acids is 3. The maximum atomic E-state index is 13.1. The molecule has 0 saturated heterocycles. The van der Waals surface area contributed by atoms with Crippen LogP contribution in [-0.4, -0.2) is 54.2 Å². The summed E-state index contributed by atoms with van der Waals surface area (Å²) in [5.74, 6) is 0.475. The van der Waals surface area contributed by atoms with Crippen molar-refractivity contribution in [3.05, 3.63) is 51.4 Å². The number of amides is 3. The van der Waals surface area contributed by atoms with Gasteiger partial charge in [0.2, 0.25) is 5.91 Å². The van der Waals surface area contributed by atoms with Crippen LogP contribution in [0, 0.1) is 5.92 Å². The summed E-state index contributed by atoms with van der Waals surface area (Å²) in [5.41, 5.74) is 3.62. The van der Waals surface area contributed by atoms with Crippen LogP contribution in [0.4, 0.5) is 5.00 Å². The predicted octanol–water partition coefficient (Wildman–Crippen LogP) is 3.34. The number of thiophene rings is 1. The van der Waals surface area contributed by atoms with E-state index in [0.717, 1.165) is 34.7 Å². The van der Waals surface area contributed by atoms with Crippen molar-refractivity contribution in [2.75, 3.05) is 31.6 Å². The lowest BCUT2D eigenvalue weighted by Crippen LogP contribution is -2.38. The fraction of sp³-hybridized carbons (Fsp3) is 0.458. The van der Waals surface area contributed by atoms with Crippen LogP contribution >= 0.6 is 11.3 Å². The first kappa shape index (κ1) is 20.2. The van der Waals surface area contributed by atoms with Gasteiger partial charge in [-0.3, -0.25) is 14.4 Å². The molecule has 7 heteroatoms. The Hall–Kier alpha value is -2.67. The molecule has 3 heterocycles. The predicted molar refractivity (Wildman–Crippen MR) is 121 cm³/mol. The second-order valence-corrected chi connectivity index (χ2v) is 9.90. The van der Waals surface area contributed by atoms with Gasteiger partial charge in [-0.25, -0.2) is 0 Å². The number of fused-ring (bicyclic) bond motifs is 3. The van der Waals surface area contributed by atoms with E-state index in [2.05, 4.69) is 6.92 Å². The number of likely N-dealkylation sites (N-methyl/N-ethyl adjacent to an activating group) is 1. The molecule has 2 aromatic rings. The molecule has 3 amide bonds. The third-order valence-electron chi connectivity index (χ3n) is 6.55. The maximum Gasteiger partial charge on any atom is 0.257 e. The first-order valence-corrected chi connectivity index (χ1v) is 11.9. The average Bonchev–Trinajstić information content (AvgIpc) is 3.54. The summed E-state index contributed by atoms with van der Waals surface area (Å²) in [6.45, 7) is 3.99. The Morgan fingerprint density at radius 2 is 1.87 bits per heavy atom. The highest BCUT2D eigenvalue weighted by molar-refractivity contribution is 7.17. The van der Waals surface area contributed by atoms with E-state index >= 15 is 0 Å².